The van der Waals surface area contributed by atoms with Crippen molar-refractivity contribution in [1.29, 1.82) is 0 Å². The van der Waals surface area contributed by atoms with E-state index in [1.54, 1.807) is 6.20 Å². The highest BCUT2D eigenvalue weighted by Crippen LogP contribution is 2.26. The summed E-state index contributed by atoms with van der Waals surface area (Å²) in [5, 5.41) is 6.28. The molecule has 0 spiro atoms. The van der Waals surface area contributed by atoms with Crippen LogP contribution in [0.4, 0.5) is 11.5 Å². The molecule has 2 N–H and O–H groups in total. The zero-order valence-corrected chi connectivity index (χ0v) is 15.6. The van der Waals surface area contributed by atoms with E-state index in [1.807, 2.05) is 72.8 Å². The van der Waals surface area contributed by atoms with E-state index in [4.69, 9.17) is 0 Å². The maximum Gasteiger partial charge on any atom is 0.237 e. The predicted octanol–water partition coefficient (Wildman–Crippen LogP) is 5.06. The second-order valence-corrected chi connectivity index (χ2v) is 6.46. The number of benzene rings is 2. The molecule has 0 aliphatic carbocycles. The van der Waals surface area contributed by atoms with E-state index in [-0.39, 0.29) is 11.8 Å². The Bertz CT molecular complexity index is 793. The monoisotopic (exact) mass is 359 g/mol. The zero-order chi connectivity index (χ0) is 18.9. The number of pyridine rings is 1. The van der Waals surface area contributed by atoms with Gasteiger partial charge in [0.2, 0.25) is 5.91 Å². The standard InChI is InChI=1S/C23H25N3O/c1-2-3-16-24-20-14-15-21(25-17-20)26-23(27)22(18-10-6-4-7-11-18)19-12-8-5-9-13-19/h4-15,17,22,24H,2-3,16H2,1H3,(H,25,26,27). The van der Waals surface area contributed by atoms with Crippen LogP contribution >= 0.6 is 0 Å². The third-order valence-corrected chi connectivity index (χ3v) is 4.40. The molecule has 1 amide bonds. The van der Waals surface area contributed by atoms with Crippen molar-refractivity contribution in [2.45, 2.75) is 25.7 Å². The quantitative estimate of drug-likeness (QED) is 0.553. The van der Waals surface area contributed by atoms with E-state index in [9.17, 15) is 4.79 Å². The van der Waals surface area contributed by atoms with Gasteiger partial charge in [-0.05, 0) is 29.7 Å². The SMILES string of the molecule is CCCCNc1ccc(NC(=O)C(c2ccccc2)c2ccccc2)nc1. The van der Waals surface area contributed by atoms with Gasteiger partial charge in [0.1, 0.15) is 5.82 Å². The molecule has 0 saturated heterocycles. The van der Waals surface area contributed by atoms with Gasteiger partial charge in [-0.1, -0.05) is 74.0 Å². The van der Waals surface area contributed by atoms with E-state index in [2.05, 4.69) is 22.5 Å². The average molecular weight is 359 g/mol. The highest BCUT2D eigenvalue weighted by molar-refractivity contribution is 5.97. The van der Waals surface area contributed by atoms with Crippen molar-refractivity contribution in [2.24, 2.45) is 0 Å². The molecule has 0 radical (unpaired) electrons. The second kappa shape index (κ2) is 9.53. The topological polar surface area (TPSA) is 54.0 Å². The lowest BCUT2D eigenvalue weighted by Crippen LogP contribution is -2.22. The molecule has 4 nitrogen and oxygen atoms in total. The molecule has 1 aromatic heterocycles. The molecule has 3 aromatic rings. The van der Waals surface area contributed by atoms with E-state index in [0.29, 0.717) is 5.82 Å². The highest BCUT2D eigenvalue weighted by atomic mass is 16.1. The molecule has 3 rings (SSSR count). The van der Waals surface area contributed by atoms with Crippen LogP contribution < -0.4 is 10.6 Å². The van der Waals surface area contributed by atoms with Crippen LogP contribution in [0.1, 0.15) is 36.8 Å². The number of rotatable bonds is 8. The first-order chi connectivity index (χ1) is 13.3. The molecule has 0 unspecified atom stereocenters. The molecule has 0 bridgehead atoms. The number of anilines is 2. The Morgan fingerprint density at radius 1 is 0.926 bits per heavy atom. The smallest absolute Gasteiger partial charge is 0.237 e. The number of carbonyl (C=O) groups is 1. The summed E-state index contributed by atoms with van der Waals surface area (Å²) in [6, 6.07) is 23.4. The van der Waals surface area contributed by atoms with Gasteiger partial charge in [-0.25, -0.2) is 4.98 Å². The number of hydrogen-bond acceptors (Lipinski definition) is 3. The Labute approximate surface area is 160 Å². The van der Waals surface area contributed by atoms with Crippen LogP contribution in [-0.4, -0.2) is 17.4 Å². The number of aromatic nitrogens is 1. The van der Waals surface area contributed by atoms with Gasteiger partial charge in [0.05, 0.1) is 17.8 Å². The summed E-state index contributed by atoms with van der Waals surface area (Å²) >= 11 is 0. The number of hydrogen-bond donors (Lipinski definition) is 2. The van der Waals surface area contributed by atoms with Gasteiger partial charge in [0.25, 0.3) is 0 Å². The fourth-order valence-electron chi connectivity index (χ4n) is 2.97. The van der Waals surface area contributed by atoms with E-state index in [0.717, 1.165) is 36.2 Å². The van der Waals surface area contributed by atoms with Gasteiger partial charge in [0.15, 0.2) is 0 Å². The Morgan fingerprint density at radius 3 is 2.07 bits per heavy atom. The third-order valence-electron chi connectivity index (χ3n) is 4.40. The van der Waals surface area contributed by atoms with Crippen LogP contribution in [0.2, 0.25) is 0 Å². The number of nitrogens with one attached hydrogen (secondary N) is 2. The van der Waals surface area contributed by atoms with Crippen LogP contribution in [0.3, 0.4) is 0 Å². The minimum Gasteiger partial charge on any atom is -0.384 e. The fraction of sp³-hybridized carbons (Fsp3) is 0.217. The van der Waals surface area contributed by atoms with Gasteiger partial charge in [-0.15, -0.1) is 0 Å². The first-order valence-electron chi connectivity index (χ1n) is 9.38. The minimum absolute atomic E-state index is 0.0911. The van der Waals surface area contributed by atoms with E-state index in [1.165, 1.54) is 0 Å². The summed E-state index contributed by atoms with van der Waals surface area (Å²) in [5.41, 5.74) is 2.88. The molecule has 138 valence electrons. The predicted molar refractivity (Wildman–Crippen MR) is 111 cm³/mol. The number of carbonyl (C=O) groups excluding carboxylic acids is 1. The summed E-state index contributed by atoms with van der Waals surface area (Å²) in [5.74, 6) is 0.0843. The van der Waals surface area contributed by atoms with Gasteiger partial charge >= 0.3 is 0 Å². The highest BCUT2D eigenvalue weighted by Gasteiger charge is 2.22. The first kappa shape index (κ1) is 18.6. The number of nitrogens with zero attached hydrogens (tertiary/aromatic N) is 1. The van der Waals surface area contributed by atoms with Gasteiger partial charge in [-0.2, -0.15) is 0 Å². The zero-order valence-electron chi connectivity index (χ0n) is 15.6. The van der Waals surface area contributed by atoms with Crippen LogP contribution in [0.15, 0.2) is 79.0 Å². The summed E-state index contributed by atoms with van der Waals surface area (Å²) in [6.07, 6.45) is 4.02. The van der Waals surface area contributed by atoms with Crippen LogP contribution in [-0.2, 0) is 4.79 Å². The molecule has 0 atom stereocenters. The maximum absolute atomic E-state index is 13.0. The molecule has 27 heavy (non-hydrogen) atoms. The summed E-state index contributed by atoms with van der Waals surface area (Å²) in [4.78, 5) is 17.4. The normalized spacial score (nSPS) is 10.6. The lowest BCUT2D eigenvalue weighted by molar-refractivity contribution is -0.116. The molecular formula is C23H25N3O. The summed E-state index contributed by atoms with van der Waals surface area (Å²) in [7, 11) is 0. The summed E-state index contributed by atoms with van der Waals surface area (Å²) in [6.45, 7) is 3.09. The molecule has 0 saturated carbocycles. The van der Waals surface area contributed by atoms with Crippen LogP contribution in [0.25, 0.3) is 0 Å². The van der Waals surface area contributed by atoms with Crippen molar-refractivity contribution in [3.05, 3.63) is 90.1 Å². The Kier molecular flexibility index (Phi) is 6.58. The average Bonchev–Trinajstić information content (AvgIpc) is 2.71. The molecule has 4 heteroatoms. The first-order valence-corrected chi connectivity index (χ1v) is 9.38. The molecule has 0 fully saturated rings. The van der Waals surface area contributed by atoms with Gasteiger partial charge in [-0.3, -0.25) is 4.79 Å². The maximum atomic E-state index is 13.0. The lowest BCUT2D eigenvalue weighted by Gasteiger charge is -2.17. The molecule has 0 aliphatic rings. The molecule has 1 heterocycles. The Hall–Kier alpha value is -3.14. The van der Waals surface area contributed by atoms with E-state index < -0.39 is 0 Å². The lowest BCUT2D eigenvalue weighted by atomic mass is 9.90. The fourth-order valence-corrected chi connectivity index (χ4v) is 2.97. The van der Waals surface area contributed by atoms with Gasteiger partial charge in [0, 0.05) is 6.54 Å². The van der Waals surface area contributed by atoms with Crippen molar-refractivity contribution >= 4 is 17.4 Å². The van der Waals surface area contributed by atoms with E-state index >= 15 is 0 Å². The van der Waals surface area contributed by atoms with Crippen LogP contribution in [0, 0.1) is 0 Å². The second-order valence-electron chi connectivity index (χ2n) is 6.46. The van der Waals surface area contributed by atoms with Crippen molar-refractivity contribution in [3.8, 4) is 0 Å². The largest absolute Gasteiger partial charge is 0.384 e. The van der Waals surface area contributed by atoms with Gasteiger partial charge < -0.3 is 10.6 Å². The number of unbranched alkanes of at least 4 members (excludes halogenated alkanes) is 1. The Balaban J connectivity index is 1.75. The molecular weight excluding hydrogens is 334 g/mol. The van der Waals surface area contributed by atoms with Crippen molar-refractivity contribution < 1.29 is 4.79 Å². The minimum atomic E-state index is -0.378. The third kappa shape index (κ3) is 5.17. The van der Waals surface area contributed by atoms with Crippen molar-refractivity contribution in [2.75, 3.05) is 17.2 Å². The summed E-state index contributed by atoms with van der Waals surface area (Å²) < 4.78 is 0. The number of amides is 1. The molecule has 0 aliphatic heterocycles. The van der Waals surface area contributed by atoms with Crippen molar-refractivity contribution in [1.82, 2.24) is 4.98 Å². The molecule has 2 aromatic carbocycles. The van der Waals surface area contributed by atoms with Crippen LogP contribution in [0.5, 0.6) is 0 Å². The Morgan fingerprint density at radius 2 is 1.56 bits per heavy atom. The van der Waals surface area contributed by atoms with Crippen molar-refractivity contribution in [3.63, 3.8) is 0 Å².